The lowest BCUT2D eigenvalue weighted by atomic mass is 10.3. The molecule has 5 nitrogen and oxygen atoms in total. The standard InChI is InChI=1S/C11H8N4O/c16-11-8-12-9-4-1-2-5-10(9)15(11)14-7-3-6-13-14/h1-8H. The second-order valence-electron chi connectivity index (χ2n) is 3.32. The Morgan fingerprint density at radius 3 is 2.81 bits per heavy atom. The molecule has 0 aliphatic heterocycles. The minimum atomic E-state index is -0.206. The molecule has 0 atom stereocenters. The van der Waals surface area contributed by atoms with Gasteiger partial charge in [0.1, 0.15) is 0 Å². The fraction of sp³-hybridized carbons (Fsp3) is 0. The highest BCUT2D eigenvalue weighted by atomic mass is 16.1. The summed E-state index contributed by atoms with van der Waals surface area (Å²) < 4.78 is 1.47. The van der Waals surface area contributed by atoms with Crippen molar-refractivity contribution in [2.45, 2.75) is 0 Å². The van der Waals surface area contributed by atoms with E-state index < -0.39 is 0 Å². The zero-order valence-electron chi connectivity index (χ0n) is 8.32. The van der Waals surface area contributed by atoms with E-state index in [1.54, 1.807) is 18.5 Å². The molecule has 1 aromatic carbocycles. The molecular formula is C11H8N4O. The van der Waals surface area contributed by atoms with Gasteiger partial charge in [-0.1, -0.05) is 12.1 Å². The summed E-state index contributed by atoms with van der Waals surface area (Å²) in [5.41, 5.74) is 1.29. The average molecular weight is 212 g/mol. The van der Waals surface area contributed by atoms with Crippen molar-refractivity contribution in [3.05, 3.63) is 59.3 Å². The topological polar surface area (TPSA) is 52.7 Å². The highest BCUT2D eigenvalue weighted by Gasteiger charge is 2.04. The van der Waals surface area contributed by atoms with Gasteiger partial charge in [0, 0.05) is 6.20 Å². The molecule has 0 N–H and O–H groups in total. The van der Waals surface area contributed by atoms with Gasteiger partial charge in [-0.15, -0.1) is 0 Å². The molecule has 0 aliphatic rings. The molecular weight excluding hydrogens is 204 g/mol. The third kappa shape index (κ3) is 1.22. The van der Waals surface area contributed by atoms with Crippen LogP contribution in [0.15, 0.2) is 53.7 Å². The summed E-state index contributed by atoms with van der Waals surface area (Å²) in [4.78, 5) is 17.3. The highest BCUT2D eigenvalue weighted by molar-refractivity contribution is 5.74. The Kier molecular flexibility index (Phi) is 1.83. The Morgan fingerprint density at radius 1 is 1.12 bits per heavy atom. The van der Waals surface area contributed by atoms with Crippen molar-refractivity contribution in [1.29, 1.82) is 0 Å². The van der Waals surface area contributed by atoms with Crippen molar-refractivity contribution in [1.82, 2.24) is 19.5 Å². The second kappa shape index (κ2) is 3.30. The maximum Gasteiger partial charge on any atom is 0.289 e. The first-order chi connectivity index (χ1) is 7.86. The average Bonchev–Trinajstić information content (AvgIpc) is 2.82. The van der Waals surface area contributed by atoms with Crippen molar-refractivity contribution >= 4 is 11.0 Å². The number of rotatable bonds is 1. The summed E-state index contributed by atoms with van der Waals surface area (Å²) >= 11 is 0. The van der Waals surface area contributed by atoms with Crippen LogP contribution in [0.4, 0.5) is 0 Å². The lowest BCUT2D eigenvalue weighted by Gasteiger charge is -2.08. The maximum absolute atomic E-state index is 11.8. The Morgan fingerprint density at radius 2 is 2.00 bits per heavy atom. The number of para-hydroxylation sites is 2. The molecule has 0 saturated carbocycles. The summed E-state index contributed by atoms with van der Waals surface area (Å²) in [7, 11) is 0. The molecule has 0 saturated heterocycles. The molecule has 3 aromatic rings. The Labute approximate surface area is 90.6 Å². The van der Waals surface area contributed by atoms with Crippen LogP contribution in [0.1, 0.15) is 0 Å². The summed E-state index contributed by atoms with van der Waals surface area (Å²) in [6.07, 6.45) is 4.64. The van der Waals surface area contributed by atoms with Crippen molar-refractivity contribution in [2.75, 3.05) is 0 Å². The van der Waals surface area contributed by atoms with E-state index in [4.69, 9.17) is 0 Å². The molecule has 16 heavy (non-hydrogen) atoms. The minimum absolute atomic E-state index is 0.206. The fourth-order valence-corrected chi connectivity index (χ4v) is 1.64. The van der Waals surface area contributed by atoms with Crippen LogP contribution < -0.4 is 5.56 Å². The lowest BCUT2D eigenvalue weighted by Crippen LogP contribution is -2.26. The first-order valence-corrected chi connectivity index (χ1v) is 4.83. The van der Waals surface area contributed by atoms with Crippen LogP contribution >= 0.6 is 0 Å². The first kappa shape index (κ1) is 8.84. The lowest BCUT2D eigenvalue weighted by molar-refractivity contribution is 0.572. The highest BCUT2D eigenvalue weighted by Crippen LogP contribution is 2.07. The van der Waals surface area contributed by atoms with Gasteiger partial charge >= 0.3 is 0 Å². The van der Waals surface area contributed by atoms with E-state index in [1.165, 1.54) is 15.7 Å². The van der Waals surface area contributed by atoms with Gasteiger partial charge in [-0.2, -0.15) is 14.6 Å². The van der Waals surface area contributed by atoms with Gasteiger partial charge in [-0.25, -0.2) is 4.98 Å². The monoisotopic (exact) mass is 212 g/mol. The molecule has 0 aliphatic carbocycles. The van der Waals surface area contributed by atoms with Crippen LogP contribution in [0.25, 0.3) is 11.0 Å². The van der Waals surface area contributed by atoms with Crippen LogP contribution in [0.3, 0.4) is 0 Å². The number of hydrogen-bond donors (Lipinski definition) is 0. The SMILES string of the molecule is O=c1cnc2ccccc2n1-n1cccn1. The van der Waals surface area contributed by atoms with E-state index in [0.29, 0.717) is 0 Å². The minimum Gasteiger partial charge on any atom is -0.266 e. The molecule has 0 amide bonds. The predicted octanol–water partition coefficient (Wildman–Crippen LogP) is 0.904. The molecule has 2 aromatic heterocycles. The fourth-order valence-electron chi connectivity index (χ4n) is 1.64. The Balaban J connectivity index is 2.47. The third-order valence-corrected chi connectivity index (χ3v) is 2.33. The smallest absolute Gasteiger partial charge is 0.266 e. The second-order valence-corrected chi connectivity index (χ2v) is 3.32. The van der Waals surface area contributed by atoms with E-state index >= 15 is 0 Å². The van der Waals surface area contributed by atoms with Crippen LogP contribution in [0.2, 0.25) is 0 Å². The molecule has 0 bridgehead atoms. The number of nitrogens with zero attached hydrogens (tertiary/aromatic N) is 4. The number of hydrogen-bond acceptors (Lipinski definition) is 3. The molecule has 0 spiro atoms. The van der Waals surface area contributed by atoms with Gasteiger partial charge in [0.25, 0.3) is 5.56 Å². The van der Waals surface area contributed by atoms with E-state index in [0.717, 1.165) is 11.0 Å². The van der Waals surface area contributed by atoms with Gasteiger partial charge in [-0.3, -0.25) is 4.79 Å². The van der Waals surface area contributed by atoms with Crippen molar-refractivity contribution in [3.8, 4) is 0 Å². The van der Waals surface area contributed by atoms with Crippen molar-refractivity contribution in [3.63, 3.8) is 0 Å². The van der Waals surface area contributed by atoms with Crippen LogP contribution in [-0.2, 0) is 0 Å². The Hall–Kier alpha value is -2.43. The van der Waals surface area contributed by atoms with E-state index in [-0.39, 0.29) is 5.56 Å². The van der Waals surface area contributed by atoms with E-state index in [1.807, 2.05) is 24.3 Å². The van der Waals surface area contributed by atoms with Crippen molar-refractivity contribution < 1.29 is 0 Å². The van der Waals surface area contributed by atoms with E-state index in [9.17, 15) is 4.79 Å². The van der Waals surface area contributed by atoms with Crippen LogP contribution in [0.5, 0.6) is 0 Å². The zero-order valence-corrected chi connectivity index (χ0v) is 8.32. The normalized spacial score (nSPS) is 10.8. The molecule has 0 radical (unpaired) electrons. The van der Waals surface area contributed by atoms with Crippen LogP contribution in [0, 0.1) is 0 Å². The molecule has 5 heteroatoms. The Bertz CT molecular complexity index is 685. The van der Waals surface area contributed by atoms with Crippen molar-refractivity contribution in [2.24, 2.45) is 0 Å². The van der Waals surface area contributed by atoms with Gasteiger partial charge in [0.05, 0.1) is 23.4 Å². The molecule has 0 fully saturated rings. The summed E-state index contributed by atoms with van der Waals surface area (Å²) in [6, 6.07) is 9.21. The molecule has 3 rings (SSSR count). The molecule has 78 valence electrons. The molecule has 0 unspecified atom stereocenters. The first-order valence-electron chi connectivity index (χ1n) is 4.83. The van der Waals surface area contributed by atoms with E-state index in [2.05, 4.69) is 10.1 Å². The number of fused-ring (bicyclic) bond motifs is 1. The summed E-state index contributed by atoms with van der Waals surface area (Å²) in [5, 5.41) is 4.05. The van der Waals surface area contributed by atoms with Crippen LogP contribution in [-0.4, -0.2) is 19.5 Å². The quantitative estimate of drug-likeness (QED) is 0.602. The van der Waals surface area contributed by atoms with Gasteiger partial charge in [0.2, 0.25) is 0 Å². The largest absolute Gasteiger partial charge is 0.289 e. The number of aromatic nitrogens is 4. The predicted molar refractivity (Wildman–Crippen MR) is 59.0 cm³/mol. The summed E-state index contributed by atoms with van der Waals surface area (Å²) in [6.45, 7) is 0. The van der Waals surface area contributed by atoms with Gasteiger partial charge < -0.3 is 0 Å². The zero-order chi connectivity index (χ0) is 11.0. The summed E-state index contributed by atoms with van der Waals surface area (Å²) in [5.74, 6) is 0. The molecule has 2 heterocycles. The van der Waals surface area contributed by atoms with Gasteiger partial charge in [0.15, 0.2) is 0 Å². The number of benzene rings is 1. The third-order valence-electron chi connectivity index (χ3n) is 2.33. The van der Waals surface area contributed by atoms with Gasteiger partial charge in [-0.05, 0) is 18.2 Å². The maximum atomic E-state index is 11.8.